The van der Waals surface area contributed by atoms with Crippen LogP contribution in [0, 0.1) is 6.92 Å². The molecule has 0 aliphatic heterocycles. The molecule has 0 spiro atoms. The van der Waals surface area contributed by atoms with Crippen LogP contribution < -0.4 is 10.9 Å². The fourth-order valence-electron chi connectivity index (χ4n) is 2.55. The van der Waals surface area contributed by atoms with E-state index in [1.165, 1.54) is 38.4 Å². The lowest BCUT2D eigenvalue weighted by atomic mass is 10.3. The molecule has 0 saturated carbocycles. The molecule has 1 N–H and O–H groups in total. The van der Waals surface area contributed by atoms with Gasteiger partial charge >= 0.3 is 0 Å². The van der Waals surface area contributed by atoms with Crippen LogP contribution in [-0.4, -0.2) is 42.5 Å². The van der Waals surface area contributed by atoms with Crippen molar-refractivity contribution in [3.8, 4) is 10.6 Å². The molecule has 0 atom stereocenters. The summed E-state index contributed by atoms with van der Waals surface area (Å²) in [5.41, 5.74) is 0.520. The van der Waals surface area contributed by atoms with Crippen molar-refractivity contribution in [2.45, 2.75) is 18.4 Å². The van der Waals surface area contributed by atoms with Crippen LogP contribution in [-0.2, 0) is 21.4 Å². The highest BCUT2D eigenvalue weighted by Gasteiger charge is 2.18. The Morgan fingerprint density at radius 1 is 1.17 bits per heavy atom. The van der Waals surface area contributed by atoms with Gasteiger partial charge in [0.05, 0.1) is 9.77 Å². The van der Waals surface area contributed by atoms with Gasteiger partial charge in [-0.05, 0) is 43.3 Å². The molecule has 2 aromatic heterocycles. The molecule has 3 rings (SSSR count). The second-order valence-corrected chi connectivity index (χ2v) is 9.93. The van der Waals surface area contributed by atoms with Gasteiger partial charge in [-0.2, -0.15) is 5.10 Å². The van der Waals surface area contributed by atoms with E-state index >= 15 is 0 Å². The van der Waals surface area contributed by atoms with Crippen LogP contribution in [0.4, 0.5) is 5.69 Å². The molecule has 1 amide bonds. The maximum Gasteiger partial charge on any atom is 0.267 e. The lowest BCUT2D eigenvalue weighted by Crippen LogP contribution is -2.29. The van der Waals surface area contributed by atoms with Crippen molar-refractivity contribution in [3.05, 3.63) is 63.8 Å². The molecule has 8 nitrogen and oxygen atoms in total. The van der Waals surface area contributed by atoms with Crippen molar-refractivity contribution in [2.75, 3.05) is 19.4 Å². The third kappa shape index (κ3) is 4.78. The van der Waals surface area contributed by atoms with Crippen molar-refractivity contribution in [1.82, 2.24) is 14.1 Å². The van der Waals surface area contributed by atoms with Crippen LogP contribution in [0.3, 0.4) is 0 Å². The highest BCUT2D eigenvalue weighted by molar-refractivity contribution is 7.89. The van der Waals surface area contributed by atoms with E-state index in [-0.39, 0.29) is 11.4 Å². The van der Waals surface area contributed by atoms with Crippen LogP contribution in [0.1, 0.15) is 4.88 Å². The number of hydrogen-bond donors (Lipinski definition) is 1. The zero-order chi connectivity index (χ0) is 21.2. The normalized spacial score (nSPS) is 11.6. The lowest BCUT2D eigenvalue weighted by molar-refractivity contribution is -0.117. The maximum atomic E-state index is 12.4. The Morgan fingerprint density at radius 2 is 1.93 bits per heavy atom. The molecule has 1 aromatic carbocycles. The molecule has 3 aromatic rings. The number of rotatable bonds is 6. The number of anilines is 1. The van der Waals surface area contributed by atoms with Crippen molar-refractivity contribution < 1.29 is 13.2 Å². The number of nitrogens with zero attached hydrogens (tertiary/aromatic N) is 3. The van der Waals surface area contributed by atoms with Crippen molar-refractivity contribution in [2.24, 2.45) is 0 Å². The average Bonchev–Trinajstić information content (AvgIpc) is 3.10. The summed E-state index contributed by atoms with van der Waals surface area (Å²) in [5.74, 6) is -0.487. The monoisotopic (exact) mass is 432 g/mol. The summed E-state index contributed by atoms with van der Waals surface area (Å²) >= 11 is 1.54. The fourth-order valence-corrected chi connectivity index (χ4v) is 4.33. The van der Waals surface area contributed by atoms with Crippen LogP contribution in [0.2, 0.25) is 0 Å². The van der Waals surface area contributed by atoms with Gasteiger partial charge in [-0.3, -0.25) is 9.59 Å². The molecule has 2 heterocycles. The van der Waals surface area contributed by atoms with Gasteiger partial charge in [-0.15, -0.1) is 11.3 Å². The number of hydrogen-bond acceptors (Lipinski definition) is 6. The second-order valence-electron chi connectivity index (χ2n) is 6.49. The smallest absolute Gasteiger partial charge is 0.267 e. The lowest BCUT2D eigenvalue weighted by Gasteiger charge is -2.13. The van der Waals surface area contributed by atoms with Gasteiger partial charge in [0.1, 0.15) is 12.2 Å². The molecule has 0 radical (unpaired) electrons. The number of nitrogens with one attached hydrogen (secondary N) is 1. The van der Waals surface area contributed by atoms with E-state index in [2.05, 4.69) is 10.4 Å². The first-order valence-corrected chi connectivity index (χ1v) is 10.9. The largest absolute Gasteiger partial charge is 0.324 e. The van der Waals surface area contributed by atoms with Crippen molar-refractivity contribution in [3.63, 3.8) is 0 Å². The average molecular weight is 433 g/mol. The number of thiophene rings is 1. The van der Waals surface area contributed by atoms with Crippen LogP contribution in [0.5, 0.6) is 0 Å². The first-order valence-electron chi connectivity index (χ1n) is 8.64. The van der Waals surface area contributed by atoms with Crippen molar-refractivity contribution >= 4 is 33.0 Å². The molecule has 29 heavy (non-hydrogen) atoms. The van der Waals surface area contributed by atoms with Gasteiger partial charge in [0, 0.05) is 30.7 Å². The SMILES string of the molecule is Cc1ccc(-c2ccc(=O)n(CC(=O)Nc3cccc(S(=O)(=O)N(C)C)c3)n2)s1. The molecule has 0 aliphatic rings. The fraction of sp³-hybridized carbons (Fsp3) is 0.211. The van der Waals surface area contributed by atoms with E-state index in [9.17, 15) is 18.0 Å². The van der Waals surface area contributed by atoms with Crippen LogP contribution >= 0.6 is 11.3 Å². The Hall–Kier alpha value is -2.82. The highest BCUT2D eigenvalue weighted by Crippen LogP contribution is 2.25. The molecular weight excluding hydrogens is 412 g/mol. The number of benzene rings is 1. The van der Waals surface area contributed by atoms with Gasteiger partial charge in [0.2, 0.25) is 15.9 Å². The van der Waals surface area contributed by atoms with Crippen LogP contribution in [0.25, 0.3) is 10.6 Å². The summed E-state index contributed by atoms with van der Waals surface area (Å²) in [6, 6.07) is 12.8. The number of aryl methyl sites for hydroxylation is 1. The van der Waals surface area contributed by atoms with Gasteiger partial charge in [-0.1, -0.05) is 6.07 Å². The minimum atomic E-state index is -3.62. The Balaban J connectivity index is 1.79. The maximum absolute atomic E-state index is 12.4. The zero-order valence-corrected chi connectivity index (χ0v) is 17.8. The molecule has 0 saturated heterocycles. The van der Waals surface area contributed by atoms with Gasteiger partial charge in [0.25, 0.3) is 5.56 Å². The van der Waals surface area contributed by atoms with E-state index in [4.69, 9.17) is 0 Å². The van der Waals surface area contributed by atoms with E-state index < -0.39 is 21.5 Å². The molecule has 0 unspecified atom stereocenters. The molecular formula is C19H20N4O4S2. The van der Waals surface area contributed by atoms with Crippen LogP contribution in [0.15, 0.2) is 58.2 Å². The summed E-state index contributed by atoms with van der Waals surface area (Å²) in [6.45, 7) is 1.68. The third-order valence-electron chi connectivity index (χ3n) is 4.05. The first kappa shape index (κ1) is 20.9. The predicted molar refractivity (Wildman–Crippen MR) is 112 cm³/mol. The van der Waals surface area contributed by atoms with Gasteiger partial charge in [-0.25, -0.2) is 17.4 Å². The summed E-state index contributed by atoms with van der Waals surface area (Å²) in [7, 11) is -0.757. The number of carbonyl (C=O) groups excluding carboxylic acids is 1. The second kappa shape index (κ2) is 8.27. The Bertz CT molecular complexity index is 1210. The Kier molecular flexibility index (Phi) is 5.96. The van der Waals surface area contributed by atoms with Gasteiger partial charge < -0.3 is 5.32 Å². The summed E-state index contributed by atoms with van der Waals surface area (Å²) in [4.78, 5) is 26.6. The number of amides is 1. The number of sulfonamides is 1. The molecule has 0 aliphatic carbocycles. The zero-order valence-electron chi connectivity index (χ0n) is 16.1. The highest BCUT2D eigenvalue weighted by atomic mass is 32.2. The molecule has 0 fully saturated rings. The topological polar surface area (TPSA) is 101 Å². The minimum absolute atomic E-state index is 0.0608. The van der Waals surface area contributed by atoms with E-state index in [1.807, 2.05) is 19.1 Å². The minimum Gasteiger partial charge on any atom is -0.324 e. The van der Waals surface area contributed by atoms with Gasteiger partial charge in [0.15, 0.2) is 0 Å². The number of aromatic nitrogens is 2. The summed E-state index contributed by atoms with van der Waals surface area (Å²) in [6.07, 6.45) is 0. The number of carbonyl (C=O) groups is 1. The summed E-state index contributed by atoms with van der Waals surface area (Å²) < 4.78 is 26.7. The Morgan fingerprint density at radius 3 is 2.59 bits per heavy atom. The quantitative estimate of drug-likeness (QED) is 0.643. The van der Waals surface area contributed by atoms with E-state index in [0.717, 1.165) is 18.7 Å². The molecule has 152 valence electrons. The molecule has 10 heteroatoms. The summed E-state index contributed by atoms with van der Waals surface area (Å²) in [5, 5.41) is 6.88. The van der Waals surface area contributed by atoms with E-state index in [1.54, 1.807) is 23.5 Å². The standard InChI is InChI=1S/C19H20N4O4S2/c1-13-7-9-17(28-13)16-8-10-19(25)23(21-16)12-18(24)20-14-5-4-6-15(11-14)29(26,27)22(2)3/h4-11H,12H2,1-3H3,(H,20,24). The first-order chi connectivity index (χ1) is 13.7. The third-order valence-corrected chi connectivity index (χ3v) is 6.88. The molecule has 0 bridgehead atoms. The van der Waals surface area contributed by atoms with E-state index in [0.29, 0.717) is 11.4 Å². The van der Waals surface area contributed by atoms with Crippen molar-refractivity contribution in [1.29, 1.82) is 0 Å². The predicted octanol–water partition coefficient (Wildman–Crippen LogP) is 2.17. The Labute approximate surface area is 172 Å².